The molecule has 0 aliphatic rings. The summed E-state index contributed by atoms with van der Waals surface area (Å²) in [6.07, 6.45) is 4.47. The van der Waals surface area contributed by atoms with Gasteiger partial charge in [-0.25, -0.2) is 0 Å². The highest BCUT2D eigenvalue weighted by Crippen LogP contribution is 2.30. The molecule has 0 unspecified atom stereocenters. The molecule has 4 nitrogen and oxygen atoms in total. The number of carbonyl (C=O) groups is 1. The first-order valence-electron chi connectivity index (χ1n) is 8.61. The largest absolute Gasteiger partial charge is 0.465 e. The number of benzene rings is 2. The molecule has 1 N–H and O–H groups in total. The number of allylic oxidation sites excluding steroid dienone is 1. The number of aromatic nitrogens is 1. The van der Waals surface area contributed by atoms with E-state index in [0.29, 0.717) is 16.8 Å². The second kappa shape index (κ2) is 6.92. The minimum Gasteiger partial charge on any atom is -0.465 e. The fourth-order valence-corrected chi connectivity index (χ4v) is 3.17. The van der Waals surface area contributed by atoms with Gasteiger partial charge in [0.25, 0.3) is 5.56 Å². The van der Waals surface area contributed by atoms with E-state index in [4.69, 9.17) is 4.42 Å². The van der Waals surface area contributed by atoms with E-state index in [1.54, 1.807) is 18.2 Å². The van der Waals surface area contributed by atoms with Gasteiger partial charge in [-0.05, 0) is 48.9 Å². The normalized spacial score (nSPS) is 11.3. The van der Waals surface area contributed by atoms with Crippen molar-refractivity contribution < 1.29 is 9.21 Å². The molecule has 0 atom stereocenters. The Hall–Kier alpha value is -3.66. The number of rotatable bonds is 4. The number of carbonyl (C=O) groups excluding carboxylic acids is 1. The molecule has 0 fully saturated rings. The Morgan fingerprint density at radius 1 is 1.04 bits per heavy atom. The molecular formula is C23H17NO3. The van der Waals surface area contributed by atoms with Crippen molar-refractivity contribution in [2.24, 2.45) is 0 Å². The first-order valence-corrected chi connectivity index (χ1v) is 8.61. The molecule has 0 aliphatic heterocycles. The molecule has 4 aromatic rings. The summed E-state index contributed by atoms with van der Waals surface area (Å²) in [4.78, 5) is 28.6. The average Bonchev–Trinajstić information content (AvgIpc) is 3.20. The van der Waals surface area contributed by atoms with Crippen molar-refractivity contribution in [2.45, 2.75) is 6.92 Å². The molecule has 27 heavy (non-hydrogen) atoms. The maximum Gasteiger partial charge on any atom is 0.260 e. The van der Waals surface area contributed by atoms with Crippen LogP contribution >= 0.6 is 0 Å². The molecule has 0 saturated carbocycles. The molecule has 2 aromatic heterocycles. The van der Waals surface area contributed by atoms with Crippen molar-refractivity contribution in [1.29, 1.82) is 0 Å². The number of aryl methyl sites for hydroxylation is 1. The van der Waals surface area contributed by atoms with Crippen molar-refractivity contribution in [3.63, 3.8) is 0 Å². The summed E-state index contributed by atoms with van der Waals surface area (Å²) in [6.45, 7) is 1.98. The quantitative estimate of drug-likeness (QED) is 0.414. The van der Waals surface area contributed by atoms with E-state index in [-0.39, 0.29) is 11.3 Å². The molecule has 0 amide bonds. The average molecular weight is 355 g/mol. The van der Waals surface area contributed by atoms with Gasteiger partial charge in [0.15, 0.2) is 5.78 Å². The highest BCUT2D eigenvalue weighted by molar-refractivity contribution is 6.15. The van der Waals surface area contributed by atoms with Crippen molar-refractivity contribution in [2.75, 3.05) is 0 Å². The number of H-pyrrole nitrogens is 1. The van der Waals surface area contributed by atoms with Crippen LogP contribution in [-0.4, -0.2) is 10.8 Å². The molecule has 132 valence electrons. The zero-order valence-electron chi connectivity index (χ0n) is 14.7. The van der Waals surface area contributed by atoms with Crippen LogP contribution in [0.1, 0.15) is 21.7 Å². The lowest BCUT2D eigenvalue weighted by molar-refractivity contribution is 0.104. The molecule has 0 aliphatic carbocycles. The standard InChI is InChI=1S/C23H17NO3/c1-15-9-11-19-18(14-15)21(16-6-3-2-4-7-16)22(23(26)24-19)20(25)12-10-17-8-5-13-27-17/h2-14H,1H3,(H,24,26). The van der Waals surface area contributed by atoms with E-state index in [0.717, 1.165) is 16.5 Å². The van der Waals surface area contributed by atoms with Crippen molar-refractivity contribution in [1.82, 2.24) is 4.98 Å². The number of pyridine rings is 1. The Morgan fingerprint density at radius 3 is 2.59 bits per heavy atom. The number of aromatic amines is 1. The van der Waals surface area contributed by atoms with Crippen LogP contribution in [0.3, 0.4) is 0 Å². The molecule has 4 heteroatoms. The lowest BCUT2D eigenvalue weighted by atomic mass is 9.93. The van der Waals surface area contributed by atoms with E-state index in [2.05, 4.69) is 4.98 Å². The molecule has 0 spiro atoms. The lowest BCUT2D eigenvalue weighted by Gasteiger charge is -2.12. The summed E-state index contributed by atoms with van der Waals surface area (Å²) >= 11 is 0. The third-order valence-corrected chi connectivity index (χ3v) is 4.42. The SMILES string of the molecule is Cc1ccc2[nH]c(=O)c(C(=O)C=Cc3ccco3)c(-c3ccccc3)c2c1. The summed E-state index contributed by atoms with van der Waals surface area (Å²) in [5.41, 5.74) is 2.95. The van der Waals surface area contributed by atoms with Crippen LogP contribution in [0.15, 0.2) is 82.2 Å². The van der Waals surface area contributed by atoms with E-state index < -0.39 is 5.56 Å². The number of ketones is 1. The summed E-state index contributed by atoms with van der Waals surface area (Å²) in [5.74, 6) is 0.188. The van der Waals surface area contributed by atoms with Crippen LogP contribution in [-0.2, 0) is 0 Å². The van der Waals surface area contributed by atoms with Crippen LogP contribution in [0, 0.1) is 6.92 Å². The zero-order valence-corrected chi connectivity index (χ0v) is 14.7. The van der Waals surface area contributed by atoms with Gasteiger partial charge < -0.3 is 9.40 Å². The summed E-state index contributed by atoms with van der Waals surface area (Å²) in [6, 6.07) is 18.8. The molecule has 0 bridgehead atoms. The molecule has 2 aromatic carbocycles. The van der Waals surface area contributed by atoms with Crippen molar-refractivity contribution in [3.05, 3.63) is 100 Å². The molecule has 2 heterocycles. The fraction of sp³-hybridized carbons (Fsp3) is 0.0435. The number of furan rings is 1. The maximum absolute atomic E-state index is 12.9. The van der Waals surface area contributed by atoms with Gasteiger partial charge in [0.05, 0.1) is 11.8 Å². The third kappa shape index (κ3) is 3.25. The van der Waals surface area contributed by atoms with Gasteiger partial charge >= 0.3 is 0 Å². The molecule has 0 saturated heterocycles. The van der Waals surface area contributed by atoms with Crippen LogP contribution in [0.4, 0.5) is 0 Å². The van der Waals surface area contributed by atoms with E-state index in [1.165, 1.54) is 12.3 Å². The highest BCUT2D eigenvalue weighted by Gasteiger charge is 2.19. The van der Waals surface area contributed by atoms with Gasteiger partial charge in [-0.15, -0.1) is 0 Å². The molecular weight excluding hydrogens is 338 g/mol. The smallest absolute Gasteiger partial charge is 0.260 e. The van der Waals surface area contributed by atoms with Crippen LogP contribution in [0.5, 0.6) is 0 Å². The third-order valence-electron chi connectivity index (χ3n) is 4.42. The van der Waals surface area contributed by atoms with Gasteiger partial charge in [0, 0.05) is 16.5 Å². The van der Waals surface area contributed by atoms with Crippen LogP contribution < -0.4 is 5.56 Å². The first-order chi connectivity index (χ1) is 13.1. The Balaban J connectivity index is 1.98. The zero-order chi connectivity index (χ0) is 18.8. The Kier molecular flexibility index (Phi) is 4.30. The van der Waals surface area contributed by atoms with Gasteiger partial charge in [-0.3, -0.25) is 9.59 Å². The monoisotopic (exact) mass is 355 g/mol. The molecule has 0 radical (unpaired) electrons. The minimum absolute atomic E-state index is 0.127. The van der Waals surface area contributed by atoms with Gasteiger partial charge in [0.1, 0.15) is 5.76 Å². The van der Waals surface area contributed by atoms with Crippen molar-refractivity contribution >= 4 is 22.8 Å². The van der Waals surface area contributed by atoms with Crippen LogP contribution in [0.2, 0.25) is 0 Å². The summed E-state index contributed by atoms with van der Waals surface area (Å²) in [7, 11) is 0. The van der Waals surface area contributed by atoms with E-state index >= 15 is 0 Å². The number of hydrogen-bond acceptors (Lipinski definition) is 3. The van der Waals surface area contributed by atoms with Gasteiger partial charge in [-0.1, -0.05) is 42.0 Å². The Labute approximate surface area is 155 Å². The Bertz CT molecular complexity index is 1200. The lowest BCUT2D eigenvalue weighted by Crippen LogP contribution is -2.18. The van der Waals surface area contributed by atoms with E-state index in [1.807, 2.05) is 55.5 Å². The van der Waals surface area contributed by atoms with Crippen LogP contribution in [0.25, 0.3) is 28.1 Å². The number of hydrogen-bond donors (Lipinski definition) is 1. The molecule has 4 rings (SSSR count). The van der Waals surface area contributed by atoms with E-state index in [9.17, 15) is 9.59 Å². The highest BCUT2D eigenvalue weighted by atomic mass is 16.3. The summed E-state index contributed by atoms with van der Waals surface area (Å²) < 4.78 is 5.23. The van der Waals surface area contributed by atoms with Gasteiger partial charge in [0.2, 0.25) is 0 Å². The summed E-state index contributed by atoms with van der Waals surface area (Å²) in [5, 5.41) is 0.843. The minimum atomic E-state index is -0.403. The van der Waals surface area contributed by atoms with Gasteiger partial charge in [-0.2, -0.15) is 0 Å². The first kappa shape index (κ1) is 16.8. The Morgan fingerprint density at radius 2 is 1.85 bits per heavy atom. The fourth-order valence-electron chi connectivity index (χ4n) is 3.17. The predicted octanol–water partition coefficient (Wildman–Crippen LogP) is 4.99. The maximum atomic E-state index is 12.9. The number of fused-ring (bicyclic) bond motifs is 1. The number of nitrogens with one attached hydrogen (secondary N) is 1. The second-order valence-electron chi connectivity index (χ2n) is 6.33. The second-order valence-corrected chi connectivity index (χ2v) is 6.33. The predicted molar refractivity (Wildman–Crippen MR) is 107 cm³/mol. The topological polar surface area (TPSA) is 63.1 Å². The van der Waals surface area contributed by atoms with Crippen molar-refractivity contribution in [3.8, 4) is 11.1 Å².